The number of thioether (sulfide) groups is 1. The van der Waals surface area contributed by atoms with Crippen molar-refractivity contribution < 1.29 is 18.0 Å². The normalized spacial score (nSPS) is 20.4. The fourth-order valence-electron chi connectivity index (χ4n) is 4.64. The Labute approximate surface area is 217 Å². The van der Waals surface area contributed by atoms with E-state index in [2.05, 4.69) is 33.1 Å². The molecule has 0 spiro atoms. The molecule has 4 N–H and O–H groups in total. The summed E-state index contributed by atoms with van der Waals surface area (Å²) in [5, 5.41) is 9.59. The molecule has 1 fully saturated rings. The molecule has 6 nitrogen and oxygen atoms in total. The van der Waals surface area contributed by atoms with E-state index in [9.17, 15) is 18.0 Å². The molecule has 1 saturated heterocycles. The third-order valence-electron chi connectivity index (χ3n) is 6.61. The van der Waals surface area contributed by atoms with E-state index in [0.717, 1.165) is 23.4 Å². The van der Waals surface area contributed by atoms with E-state index in [-0.39, 0.29) is 24.8 Å². The molecule has 2 aromatic heterocycles. The van der Waals surface area contributed by atoms with E-state index in [4.69, 9.17) is 0 Å². The van der Waals surface area contributed by atoms with Gasteiger partial charge >= 0.3 is 0 Å². The van der Waals surface area contributed by atoms with Crippen molar-refractivity contribution in [2.24, 2.45) is 0 Å². The smallest absolute Gasteiger partial charge is 0.299 e. The lowest BCUT2D eigenvalue weighted by atomic mass is 10.0. The van der Waals surface area contributed by atoms with E-state index in [1.807, 2.05) is 22.6 Å². The number of pyridine rings is 1. The Morgan fingerprint density at radius 3 is 2.81 bits per heavy atom. The van der Waals surface area contributed by atoms with Gasteiger partial charge in [-0.2, -0.15) is 8.78 Å². The van der Waals surface area contributed by atoms with Crippen LogP contribution >= 0.6 is 11.8 Å². The highest BCUT2D eigenvalue weighted by Gasteiger charge is 2.36. The van der Waals surface area contributed by atoms with Gasteiger partial charge < -0.3 is 25.7 Å². The SMILES string of the molecule is CNC(=O)c1ccc(NCC#Cc2cc3c(N[C@@H]4CCNC[C@@H]4F)ccc4n3c2SC(F)(F)CC4)cc1. The topological polar surface area (TPSA) is 69.6 Å². The van der Waals surface area contributed by atoms with Crippen molar-refractivity contribution in [2.45, 2.75) is 41.8 Å². The molecule has 2 aliphatic heterocycles. The number of anilines is 2. The zero-order valence-corrected chi connectivity index (χ0v) is 21.2. The van der Waals surface area contributed by atoms with Gasteiger partial charge in [-0.3, -0.25) is 4.79 Å². The molecule has 2 aliphatic rings. The molecule has 0 unspecified atom stereocenters. The number of nitrogens with zero attached hydrogens (tertiary/aromatic N) is 1. The number of halogens is 3. The van der Waals surface area contributed by atoms with Crippen LogP contribution in [0.3, 0.4) is 0 Å². The lowest BCUT2D eigenvalue weighted by Gasteiger charge is -2.28. The van der Waals surface area contributed by atoms with Crippen molar-refractivity contribution >= 4 is 34.6 Å². The van der Waals surface area contributed by atoms with Gasteiger partial charge in [0.2, 0.25) is 0 Å². The van der Waals surface area contributed by atoms with E-state index in [1.165, 1.54) is 0 Å². The van der Waals surface area contributed by atoms with Crippen LogP contribution in [0.15, 0.2) is 47.5 Å². The minimum Gasteiger partial charge on any atom is -0.378 e. The molecule has 1 aromatic carbocycles. The average molecular weight is 528 g/mol. The molecule has 10 heteroatoms. The average Bonchev–Trinajstić information content (AvgIpc) is 3.17. The summed E-state index contributed by atoms with van der Waals surface area (Å²) < 4.78 is 45.6. The van der Waals surface area contributed by atoms with Crippen molar-refractivity contribution in [2.75, 3.05) is 37.3 Å². The zero-order chi connectivity index (χ0) is 26.0. The molecule has 1 amide bonds. The predicted molar refractivity (Wildman–Crippen MR) is 142 cm³/mol. The van der Waals surface area contributed by atoms with Gasteiger partial charge in [0.05, 0.1) is 29.4 Å². The van der Waals surface area contributed by atoms with E-state index in [0.29, 0.717) is 53.1 Å². The molecule has 5 rings (SSSR count). The minimum atomic E-state index is -2.92. The number of piperidine rings is 1. The second kappa shape index (κ2) is 10.6. The molecule has 37 heavy (non-hydrogen) atoms. The first-order chi connectivity index (χ1) is 17.8. The summed E-state index contributed by atoms with van der Waals surface area (Å²) >= 11 is 0.534. The number of hydrogen-bond donors (Lipinski definition) is 4. The fourth-order valence-corrected chi connectivity index (χ4v) is 5.66. The van der Waals surface area contributed by atoms with Crippen LogP contribution < -0.4 is 21.3 Å². The van der Waals surface area contributed by atoms with E-state index in [1.54, 1.807) is 31.3 Å². The Morgan fingerprint density at radius 2 is 2.05 bits per heavy atom. The van der Waals surface area contributed by atoms with Gasteiger partial charge in [-0.05, 0) is 73.6 Å². The fraction of sp³-hybridized carbons (Fsp3) is 0.370. The van der Waals surface area contributed by atoms with Crippen LogP contribution in [-0.2, 0) is 6.42 Å². The van der Waals surface area contributed by atoms with Crippen LogP contribution in [0.25, 0.3) is 5.52 Å². The number of benzene rings is 1. The lowest BCUT2D eigenvalue weighted by molar-refractivity contribution is 0.0957. The molecular formula is C27H28F3N5OS. The number of aryl methyl sites for hydroxylation is 1. The Kier molecular flexibility index (Phi) is 7.26. The second-order valence-corrected chi connectivity index (χ2v) is 10.3. The van der Waals surface area contributed by atoms with Gasteiger partial charge in [-0.1, -0.05) is 11.8 Å². The summed E-state index contributed by atoms with van der Waals surface area (Å²) in [4.78, 5) is 11.7. The van der Waals surface area contributed by atoms with Gasteiger partial charge in [0, 0.05) is 37.0 Å². The van der Waals surface area contributed by atoms with Crippen LogP contribution in [0.4, 0.5) is 24.5 Å². The van der Waals surface area contributed by atoms with Crippen molar-refractivity contribution in [3.63, 3.8) is 0 Å². The Balaban J connectivity index is 1.42. The van der Waals surface area contributed by atoms with Crippen LogP contribution in [-0.4, -0.2) is 54.5 Å². The number of carbonyl (C=O) groups excluding carboxylic acids is 1. The number of rotatable bonds is 5. The highest BCUT2D eigenvalue weighted by molar-refractivity contribution is 8.00. The maximum Gasteiger partial charge on any atom is 0.299 e. The number of hydrogen-bond acceptors (Lipinski definition) is 5. The van der Waals surface area contributed by atoms with Crippen LogP contribution in [0, 0.1) is 11.8 Å². The first-order valence-electron chi connectivity index (χ1n) is 12.2. The van der Waals surface area contributed by atoms with Gasteiger partial charge in [0.1, 0.15) is 11.2 Å². The molecule has 0 bridgehead atoms. The predicted octanol–water partition coefficient (Wildman–Crippen LogP) is 4.51. The van der Waals surface area contributed by atoms with Crippen molar-refractivity contribution in [3.05, 3.63) is 59.3 Å². The molecule has 194 valence electrons. The molecule has 0 aliphatic carbocycles. The van der Waals surface area contributed by atoms with Gasteiger partial charge in [0.25, 0.3) is 11.2 Å². The minimum absolute atomic E-state index is 0.165. The summed E-state index contributed by atoms with van der Waals surface area (Å²) in [6, 6.07) is 12.2. The molecule has 3 aromatic rings. The first kappa shape index (κ1) is 25.4. The maximum absolute atomic E-state index is 14.7. The molecule has 0 radical (unpaired) electrons. The molecular weight excluding hydrogens is 499 g/mol. The van der Waals surface area contributed by atoms with E-state index < -0.39 is 11.4 Å². The Hall–Kier alpha value is -3.29. The van der Waals surface area contributed by atoms with Crippen LogP contribution in [0.2, 0.25) is 0 Å². The molecule has 0 saturated carbocycles. The quantitative estimate of drug-likeness (QED) is 0.368. The highest BCUT2D eigenvalue weighted by atomic mass is 32.2. The largest absolute Gasteiger partial charge is 0.378 e. The zero-order valence-electron chi connectivity index (χ0n) is 20.3. The first-order valence-corrected chi connectivity index (χ1v) is 13.1. The third-order valence-corrected chi connectivity index (χ3v) is 7.70. The van der Waals surface area contributed by atoms with Crippen molar-refractivity contribution in [1.82, 2.24) is 15.0 Å². The van der Waals surface area contributed by atoms with Crippen molar-refractivity contribution in [1.29, 1.82) is 0 Å². The number of carbonyl (C=O) groups is 1. The Morgan fingerprint density at radius 1 is 1.24 bits per heavy atom. The number of alkyl halides is 3. The Bertz CT molecular complexity index is 1360. The van der Waals surface area contributed by atoms with Crippen molar-refractivity contribution in [3.8, 4) is 11.8 Å². The number of nitrogens with one attached hydrogen (secondary N) is 4. The van der Waals surface area contributed by atoms with Crippen LogP contribution in [0.5, 0.6) is 0 Å². The maximum atomic E-state index is 14.7. The summed E-state index contributed by atoms with van der Waals surface area (Å²) in [5.74, 6) is 5.93. The summed E-state index contributed by atoms with van der Waals surface area (Å²) in [7, 11) is 1.58. The van der Waals surface area contributed by atoms with Gasteiger partial charge in [-0.15, -0.1) is 0 Å². The number of amides is 1. The third kappa shape index (κ3) is 5.53. The van der Waals surface area contributed by atoms with Gasteiger partial charge in [0.15, 0.2) is 0 Å². The summed E-state index contributed by atoms with van der Waals surface area (Å²) in [5.41, 5.74) is 4.08. The van der Waals surface area contributed by atoms with Gasteiger partial charge in [-0.25, -0.2) is 4.39 Å². The lowest BCUT2D eigenvalue weighted by Crippen LogP contribution is -2.45. The highest BCUT2D eigenvalue weighted by Crippen LogP contribution is 2.45. The second-order valence-electron chi connectivity index (χ2n) is 9.13. The number of aromatic nitrogens is 1. The molecule has 2 atom stereocenters. The van der Waals surface area contributed by atoms with E-state index >= 15 is 0 Å². The summed E-state index contributed by atoms with van der Waals surface area (Å²) in [6.07, 6.45) is -0.425. The molecule has 4 heterocycles. The standard InChI is InChI=1S/C27H28F3N5OS/c1-31-25(36)17-4-6-19(7-5-17)33-13-2-3-18-15-24-23(34-22-11-14-32-16-21(22)28)9-8-20-10-12-27(29,30)37-26(18)35(20)24/h4-9,15,21-22,32-34H,10-14,16H2,1H3,(H,31,36)/t21-,22+/m0/s1. The monoisotopic (exact) mass is 527 g/mol. The summed E-state index contributed by atoms with van der Waals surface area (Å²) in [6.45, 7) is 1.31. The van der Waals surface area contributed by atoms with Crippen LogP contribution in [0.1, 0.15) is 34.5 Å².